The fraction of sp³-hybridized carbons (Fsp3) is 0.524. The molecule has 4 unspecified atom stereocenters. The van der Waals surface area contributed by atoms with E-state index in [1.165, 1.54) is 21.8 Å². The standard InChI is InChI=1S/C21H30N10O17P4/c22-16-10-18(26-3-24-16)30(5-28-10)20-14(34)12(32)8(45-20)1-43-49(36)47-52(41,42)48-51(39,40)7-50(37,38)44-2-9-13(33)15(35)21(46-9)31-6-29-11-17(23)25-4-27-19(11)31/h3-6,8-9,12-15,20-21,32-36H,1-2,7H2,(H,37,38)(H,39,40)(H,41,42)(H2,22,24,26)(H2,23,25,27)/t8-,9-,12-,13-,14-,15-,20-,21-,49?/m1/s1. The van der Waals surface area contributed by atoms with Crippen molar-refractivity contribution in [1.29, 1.82) is 0 Å². The third kappa shape index (κ3) is 8.17. The van der Waals surface area contributed by atoms with Crippen molar-refractivity contribution in [3.8, 4) is 0 Å². The summed E-state index contributed by atoms with van der Waals surface area (Å²) in [4.78, 5) is 63.9. The summed E-state index contributed by atoms with van der Waals surface area (Å²) in [7, 11) is -19.8. The first-order chi connectivity index (χ1) is 24.4. The van der Waals surface area contributed by atoms with Gasteiger partial charge in [-0.05, 0) is 0 Å². The lowest BCUT2D eigenvalue weighted by Crippen LogP contribution is -2.33. The van der Waals surface area contributed by atoms with Crippen molar-refractivity contribution >= 4 is 65.6 Å². The molecule has 2 saturated heterocycles. The molecule has 2 fully saturated rings. The van der Waals surface area contributed by atoms with Gasteiger partial charge in [-0.25, -0.2) is 43.1 Å². The maximum absolute atomic E-state index is 12.6. The summed E-state index contributed by atoms with van der Waals surface area (Å²) in [5.41, 5.74) is 12.1. The van der Waals surface area contributed by atoms with Crippen LogP contribution in [0.4, 0.5) is 11.6 Å². The van der Waals surface area contributed by atoms with Gasteiger partial charge in [0.1, 0.15) is 60.3 Å². The van der Waals surface area contributed by atoms with Crippen LogP contribution in [-0.2, 0) is 40.8 Å². The summed E-state index contributed by atoms with van der Waals surface area (Å²) in [5.74, 6) is -1.73. The molecule has 0 amide bonds. The number of imidazole rings is 2. The number of hydrogen-bond donors (Lipinski definition) is 10. The third-order valence-electron chi connectivity index (χ3n) is 7.55. The number of anilines is 2. The Kier molecular flexibility index (Phi) is 11.1. The van der Waals surface area contributed by atoms with E-state index in [1.807, 2.05) is 0 Å². The molecule has 286 valence electrons. The Balaban J connectivity index is 0.989. The summed E-state index contributed by atoms with van der Waals surface area (Å²) < 4.78 is 69.3. The summed E-state index contributed by atoms with van der Waals surface area (Å²) in [6, 6.07) is 0. The largest absolute Gasteiger partial charge is 0.486 e. The second kappa shape index (κ2) is 14.8. The maximum atomic E-state index is 12.6. The molecule has 2 aliphatic heterocycles. The topological polar surface area (TPSA) is 408 Å². The maximum Gasteiger partial charge on any atom is 0.486 e. The van der Waals surface area contributed by atoms with Crippen LogP contribution in [0, 0.1) is 0 Å². The van der Waals surface area contributed by atoms with E-state index in [0.29, 0.717) is 0 Å². The fourth-order valence-electron chi connectivity index (χ4n) is 5.21. The molecule has 6 rings (SSSR count). The van der Waals surface area contributed by atoms with Crippen molar-refractivity contribution in [2.75, 3.05) is 30.6 Å². The molecule has 0 bridgehead atoms. The predicted octanol–water partition coefficient (Wildman–Crippen LogP) is -2.22. The van der Waals surface area contributed by atoms with E-state index in [-0.39, 0.29) is 34.0 Å². The van der Waals surface area contributed by atoms with Crippen LogP contribution >= 0.6 is 31.6 Å². The van der Waals surface area contributed by atoms with Crippen LogP contribution in [0.25, 0.3) is 22.3 Å². The van der Waals surface area contributed by atoms with Crippen LogP contribution in [0.3, 0.4) is 0 Å². The number of phosphoric acid groups is 1. The third-order valence-corrected chi connectivity index (χ3v) is 14.6. The Labute approximate surface area is 290 Å². The van der Waals surface area contributed by atoms with Gasteiger partial charge in [0.25, 0.3) is 0 Å². The molecule has 0 spiro atoms. The molecule has 0 radical (unpaired) electrons. The number of aliphatic hydroxyl groups is 4. The summed E-state index contributed by atoms with van der Waals surface area (Å²) in [5, 5.41) is 41.9. The van der Waals surface area contributed by atoms with Crippen LogP contribution in [0.15, 0.2) is 25.3 Å². The van der Waals surface area contributed by atoms with Gasteiger partial charge >= 0.3 is 31.6 Å². The first-order valence-electron chi connectivity index (χ1n) is 14.4. The molecular formula is C21H30N10O17P4. The lowest BCUT2D eigenvalue weighted by atomic mass is 10.1. The minimum Gasteiger partial charge on any atom is -0.387 e. The molecule has 4 aromatic rings. The summed E-state index contributed by atoms with van der Waals surface area (Å²) in [6.07, 6.45) is -7.37. The van der Waals surface area contributed by atoms with Crippen molar-refractivity contribution in [2.45, 2.75) is 49.1 Å². The Morgan fingerprint density at radius 1 is 0.731 bits per heavy atom. The summed E-state index contributed by atoms with van der Waals surface area (Å²) in [6.45, 7) is -1.69. The van der Waals surface area contributed by atoms with E-state index in [4.69, 9.17) is 30.0 Å². The van der Waals surface area contributed by atoms with Crippen molar-refractivity contribution in [3.05, 3.63) is 25.3 Å². The van der Waals surface area contributed by atoms with Crippen molar-refractivity contribution in [1.82, 2.24) is 39.0 Å². The lowest BCUT2D eigenvalue weighted by Gasteiger charge is -2.21. The van der Waals surface area contributed by atoms with Crippen molar-refractivity contribution in [3.63, 3.8) is 0 Å². The van der Waals surface area contributed by atoms with Crippen LogP contribution in [0.2, 0.25) is 0 Å². The highest BCUT2D eigenvalue weighted by Crippen LogP contribution is 2.69. The summed E-state index contributed by atoms with van der Waals surface area (Å²) >= 11 is 0. The van der Waals surface area contributed by atoms with Crippen molar-refractivity contribution in [2.24, 2.45) is 0 Å². The number of nitrogens with zero attached hydrogens (tertiary/aromatic N) is 8. The molecule has 6 heterocycles. The van der Waals surface area contributed by atoms with Crippen LogP contribution < -0.4 is 11.5 Å². The number of fused-ring (bicyclic) bond motifs is 2. The SMILES string of the molecule is Nc1ncnc2c1ncn2[C@@H]1O[C@H](COP(O)OP(=O)(O)OP(=O)(O)CP(=O)(O)OC[C@H]2O[C@@H](n3cnc4c(N)ncnc43)[C@H](O)[C@@H]2O)[C@@H](O)[C@H]1O. The molecule has 2 aliphatic rings. The number of hydrogen-bond acceptors (Lipinski definition) is 22. The van der Waals surface area contributed by atoms with Gasteiger partial charge in [-0.3, -0.25) is 18.3 Å². The highest BCUT2D eigenvalue weighted by atomic mass is 31.3. The van der Waals surface area contributed by atoms with Gasteiger partial charge in [0.2, 0.25) is 0 Å². The van der Waals surface area contributed by atoms with E-state index in [9.17, 15) is 53.7 Å². The number of nitrogens with two attached hydrogens (primary N) is 2. The van der Waals surface area contributed by atoms with E-state index in [1.54, 1.807) is 0 Å². The average Bonchev–Trinajstić information content (AvgIpc) is 3.80. The monoisotopic (exact) mass is 818 g/mol. The molecule has 0 saturated carbocycles. The molecule has 27 nitrogen and oxygen atoms in total. The van der Waals surface area contributed by atoms with Crippen molar-refractivity contribution < 1.29 is 80.8 Å². The number of aliphatic hydroxyl groups excluding tert-OH is 4. The van der Waals surface area contributed by atoms with Crippen LogP contribution in [-0.4, -0.2) is 135 Å². The lowest BCUT2D eigenvalue weighted by molar-refractivity contribution is -0.0485. The van der Waals surface area contributed by atoms with Gasteiger partial charge in [0, 0.05) is 0 Å². The first-order valence-corrected chi connectivity index (χ1v) is 20.5. The zero-order chi connectivity index (χ0) is 37.7. The Morgan fingerprint density at radius 3 is 1.71 bits per heavy atom. The number of ether oxygens (including phenoxy) is 2. The van der Waals surface area contributed by atoms with Gasteiger partial charge < -0.3 is 70.0 Å². The molecule has 12 N–H and O–H groups in total. The molecule has 31 heteroatoms. The second-order valence-corrected chi connectivity index (χ2v) is 18.1. The second-order valence-electron chi connectivity index (χ2n) is 11.1. The number of nitrogen functional groups attached to an aromatic ring is 2. The van der Waals surface area contributed by atoms with E-state index in [0.717, 1.165) is 12.7 Å². The average molecular weight is 818 g/mol. The Morgan fingerprint density at radius 2 is 1.21 bits per heavy atom. The quantitative estimate of drug-likeness (QED) is 0.0603. The normalized spacial score (nSPS) is 30.7. The minimum absolute atomic E-state index is 0.0197. The first kappa shape index (κ1) is 39.0. The highest BCUT2D eigenvalue weighted by Gasteiger charge is 2.48. The highest BCUT2D eigenvalue weighted by molar-refractivity contribution is 7.75. The molecular weight excluding hydrogens is 788 g/mol. The van der Waals surface area contributed by atoms with E-state index in [2.05, 4.69) is 38.5 Å². The van der Waals surface area contributed by atoms with Gasteiger partial charge in [-0.15, -0.1) is 0 Å². The zero-order valence-electron chi connectivity index (χ0n) is 25.8. The van der Waals surface area contributed by atoms with Gasteiger partial charge in [0.05, 0.1) is 25.9 Å². The Hall–Kier alpha value is -2.74. The molecule has 4 aromatic heterocycles. The zero-order valence-corrected chi connectivity index (χ0v) is 29.4. The van der Waals surface area contributed by atoms with E-state index >= 15 is 0 Å². The van der Waals surface area contributed by atoms with E-state index < -0.39 is 99.8 Å². The number of aromatic nitrogens is 8. The Bertz CT molecular complexity index is 2080. The predicted molar refractivity (Wildman–Crippen MR) is 169 cm³/mol. The number of rotatable bonds is 14. The van der Waals surface area contributed by atoms with Crippen LogP contribution in [0.5, 0.6) is 0 Å². The fourth-order valence-corrected chi connectivity index (χ4v) is 11.2. The smallest absolute Gasteiger partial charge is 0.387 e. The molecule has 12 atom stereocenters. The minimum atomic E-state index is -5.71. The molecule has 0 aromatic carbocycles. The molecule has 0 aliphatic carbocycles. The van der Waals surface area contributed by atoms with Gasteiger partial charge in [-0.1, -0.05) is 0 Å². The molecule has 52 heavy (non-hydrogen) atoms. The van der Waals surface area contributed by atoms with Gasteiger partial charge in [-0.2, -0.15) is 0 Å². The van der Waals surface area contributed by atoms with Gasteiger partial charge in [0.15, 0.2) is 41.3 Å². The van der Waals surface area contributed by atoms with Crippen LogP contribution in [0.1, 0.15) is 12.5 Å².